The highest BCUT2D eigenvalue weighted by molar-refractivity contribution is 6.39. The highest BCUT2D eigenvalue weighted by Gasteiger charge is 2.36. The van der Waals surface area contributed by atoms with Crippen molar-refractivity contribution >= 4 is 52.8 Å². The summed E-state index contributed by atoms with van der Waals surface area (Å²) >= 11 is 12.4. The fourth-order valence-corrected chi connectivity index (χ4v) is 4.14. The zero-order chi connectivity index (χ0) is 27.2. The summed E-state index contributed by atoms with van der Waals surface area (Å²) in [5.74, 6) is -0.217. The molecule has 4 amide bonds. The minimum Gasteiger partial charge on any atom is -0.490 e. The molecule has 0 radical (unpaired) electrons. The number of hydrogen-bond donors (Lipinski definition) is 1. The van der Waals surface area contributed by atoms with Crippen LogP contribution in [0.15, 0.2) is 66.2 Å². The van der Waals surface area contributed by atoms with Crippen LogP contribution < -0.4 is 24.4 Å². The van der Waals surface area contributed by atoms with E-state index in [1.807, 2.05) is 31.2 Å². The summed E-state index contributed by atoms with van der Waals surface area (Å²) in [5, 5.41) is 2.84. The van der Waals surface area contributed by atoms with Crippen molar-refractivity contribution in [3.8, 4) is 17.2 Å². The lowest BCUT2D eigenvalue weighted by atomic mass is 10.1. The minimum atomic E-state index is -0.857. The molecule has 38 heavy (non-hydrogen) atoms. The molecular weight excluding hydrogens is 531 g/mol. The molecule has 0 bridgehead atoms. The minimum absolute atomic E-state index is 0.202. The van der Waals surface area contributed by atoms with Gasteiger partial charge in [0.25, 0.3) is 11.8 Å². The van der Waals surface area contributed by atoms with E-state index in [0.29, 0.717) is 28.7 Å². The molecule has 1 aliphatic rings. The van der Waals surface area contributed by atoms with Crippen molar-refractivity contribution < 1.29 is 28.6 Å². The standard InChI is InChI=1S/C28H24Cl2N2O6/c1-3-36-24-16-18(15-22(30)25(24)38-13-12-37-23-7-5-4-6-17(23)2)14-21-26(33)31-28(35)32(27(21)34)20-10-8-19(29)9-11-20/h4-11,14-16H,3,12-13H2,1-2H3,(H,31,33,35). The zero-order valence-corrected chi connectivity index (χ0v) is 22.1. The maximum atomic E-state index is 13.2. The molecule has 1 aliphatic heterocycles. The molecule has 1 fully saturated rings. The van der Waals surface area contributed by atoms with E-state index in [-0.39, 0.29) is 29.5 Å². The second-order valence-corrected chi connectivity index (χ2v) is 9.00. The van der Waals surface area contributed by atoms with Crippen LogP contribution in [0.5, 0.6) is 17.2 Å². The van der Waals surface area contributed by atoms with Gasteiger partial charge in [-0.25, -0.2) is 9.69 Å². The van der Waals surface area contributed by atoms with Gasteiger partial charge in [0.05, 0.1) is 17.3 Å². The molecule has 1 N–H and O–H groups in total. The molecule has 1 saturated heterocycles. The molecule has 8 nitrogen and oxygen atoms in total. The van der Waals surface area contributed by atoms with Gasteiger partial charge in [-0.2, -0.15) is 0 Å². The number of benzene rings is 3. The van der Waals surface area contributed by atoms with E-state index in [1.54, 1.807) is 13.0 Å². The second kappa shape index (κ2) is 12.0. The summed E-state index contributed by atoms with van der Waals surface area (Å²) in [7, 11) is 0. The Morgan fingerprint density at radius 1 is 0.895 bits per heavy atom. The van der Waals surface area contributed by atoms with Crippen molar-refractivity contribution in [2.24, 2.45) is 0 Å². The third-order valence-corrected chi connectivity index (χ3v) is 6.04. The first-order valence-corrected chi connectivity index (χ1v) is 12.5. The van der Waals surface area contributed by atoms with E-state index < -0.39 is 17.8 Å². The molecule has 0 aromatic heterocycles. The Hall–Kier alpha value is -4.01. The number of halogens is 2. The third-order valence-electron chi connectivity index (χ3n) is 5.51. The third kappa shape index (κ3) is 6.10. The molecule has 0 aliphatic carbocycles. The summed E-state index contributed by atoms with van der Waals surface area (Å²) < 4.78 is 17.3. The number of anilines is 1. The Labute approximate surface area is 229 Å². The smallest absolute Gasteiger partial charge is 0.335 e. The van der Waals surface area contributed by atoms with Crippen LogP contribution in [0.25, 0.3) is 6.08 Å². The molecule has 10 heteroatoms. The normalized spacial score (nSPS) is 14.5. The van der Waals surface area contributed by atoms with Crippen molar-refractivity contribution in [2.75, 3.05) is 24.7 Å². The largest absolute Gasteiger partial charge is 0.490 e. The number of ether oxygens (including phenoxy) is 3. The molecule has 0 spiro atoms. The average Bonchev–Trinajstić information content (AvgIpc) is 2.88. The van der Waals surface area contributed by atoms with Gasteiger partial charge in [0, 0.05) is 5.02 Å². The molecule has 196 valence electrons. The SMILES string of the molecule is CCOc1cc(C=C2C(=O)NC(=O)N(c3ccc(Cl)cc3)C2=O)cc(Cl)c1OCCOc1ccccc1C. The van der Waals surface area contributed by atoms with Crippen molar-refractivity contribution in [1.29, 1.82) is 0 Å². The zero-order valence-electron chi connectivity index (χ0n) is 20.6. The monoisotopic (exact) mass is 554 g/mol. The van der Waals surface area contributed by atoms with E-state index >= 15 is 0 Å². The molecular formula is C28H24Cl2N2O6. The predicted octanol–water partition coefficient (Wildman–Crippen LogP) is 5.82. The number of aryl methyl sites for hydroxylation is 1. The van der Waals surface area contributed by atoms with Gasteiger partial charge in [-0.15, -0.1) is 0 Å². The number of rotatable bonds is 9. The van der Waals surface area contributed by atoms with Crippen LogP contribution in [0.1, 0.15) is 18.1 Å². The van der Waals surface area contributed by atoms with Gasteiger partial charge in [0.15, 0.2) is 11.5 Å². The van der Waals surface area contributed by atoms with Crippen LogP contribution in [0, 0.1) is 6.92 Å². The van der Waals surface area contributed by atoms with Gasteiger partial charge in [0.2, 0.25) is 0 Å². The lowest BCUT2D eigenvalue weighted by Crippen LogP contribution is -2.54. The van der Waals surface area contributed by atoms with Gasteiger partial charge >= 0.3 is 6.03 Å². The van der Waals surface area contributed by atoms with E-state index in [2.05, 4.69) is 5.32 Å². The van der Waals surface area contributed by atoms with Crippen molar-refractivity contribution in [3.63, 3.8) is 0 Å². The number of amides is 4. The number of nitrogens with one attached hydrogen (secondary N) is 1. The molecule has 1 heterocycles. The topological polar surface area (TPSA) is 94.2 Å². The Balaban J connectivity index is 1.55. The quantitative estimate of drug-likeness (QED) is 0.203. The van der Waals surface area contributed by atoms with Crippen molar-refractivity contribution in [2.45, 2.75) is 13.8 Å². The van der Waals surface area contributed by atoms with E-state index in [0.717, 1.165) is 16.2 Å². The lowest BCUT2D eigenvalue weighted by molar-refractivity contribution is -0.122. The van der Waals surface area contributed by atoms with E-state index in [4.69, 9.17) is 37.4 Å². The number of barbiturate groups is 1. The van der Waals surface area contributed by atoms with Crippen LogP contribution in [0.2, 0.25) is 10.0 Å². The molecule has 0 atom stereocenters. The van der Waals surface area contributed by atoms with Crippen LogP contribution in [0.3, 0.4) is 0 Å². The predicted molar refractivity (Wildman–Crippen MR) is 145 cm³/mol. The summed E-state index contributed by atoms with van der Waals surface area (Å²) in [6, 6.07) is 16.0. The average molecular weight is 555 g/mol. The van der Waals surface area contributed by atoms with Gasteiger partial charge < -0.3 is 14.2 Å². The van der Waals surface area contributed by atoms with Crippen LogP contribution in [-0.4, -0.2) is 37.7 Å². The first-order valence-electron chi connectivity index (χ1n) is 11.7. The number of carbonyl (C=O) groups excluding carboxylic acids is 3. The number of nitrogens with zero attached hydrogens (tertiary/aromatic N) is 1. The summed E-state index contributed by atoms with van der Waals surface area (Å²) in [6.45, 7) is 4.56. The van der Waals surface area contributed by atoms with Crippen LogP contribution in [-0.2, 0) is 9.59 Å². The number of urea groups is 1. The molecule has 4 rings (SSSR count). The van der Waals surface area contributed by atoms with Crippen LogP contribution in [0.4, 0.5) is 10.5 Å². The number of hydrogen-bond acceptors (Lipinski definition) is 6. The summed E-state index contributed by atoms with van der Waals surface area (Å²) in [4.78, 5) is 39.0. The summed E-state index contributed by atoms with van der Waals surface area (Å²) in [5.41, 5.74) is 1.43. The Kier molecular flexibility index (Phi) is 8.55. The first kappa shape index (κ1) is 27.0. The second-order valence-electron chi connectivity index (χ2n) is 8.16. The molecule has 3 aromatic carbocycles. The van der Waals surface area contributed by atoms with Crippen LogP contribution >= 0.6 is 23.2 Å². The van der Waals surface area contributed by atoms with E-state index in [9.17, 15) is 14.4 Å². The van der Waals surface area contributed by atoms with Gasteiger partial charge in [-0.1, -0.05) is 41.4 Å². The van der Waals surface area contributed by atoms with Gasteiger partial charge in [0.1, 0.15) is 24.5 Å². The fraction of sp³-hybridized carbons (Fsp3) is 0.179. The van der Waals surface area contributed by atoms with Gasteiger partial charge in [-0.3, -0.25) is 14.9 Å². The highest BCUT2D eigenvalue weighted by atomic mass is 35.5. The highest BCUT2D eigenvalue weighted by Crippen LogP contribution is 2.37. The Morgan fingerprint density at radius 3 is 2.32 bits per heavy atom. The molecule has 0 unspecified atom stereocenters. The fourth-order valence-electron chi connectivity index (χ4n) is 3.74. The maximum Gasteiger partial charge on any atom is 0.335 e. The number of carbonyl (C=O) groups is 3. The number of imide groups is 2. The first-order chi connectivity index (χ1) is 18.3. The Morgan fingerprint density at radius 2 is 1.61 bits per heavy atom. The maximum absolute atomic E-state index is 13.2. The van der Waals surface area contributed by atoms with Gasteiger partial charge in [-0.05, 0) is 73.5 Å². The summed E-state index contributed by atoms with van der Waals surface area (Å²) in [6.07, 6.45) is 1.34. The molecule has 0 saturated carbocycles. The molecule has 3 aromatic rings. The number of para-hydroxylation sites is 1. The lowest BCUT2D eigenvalue weighted by Gasteiger charge is -2.26. The van der Waals surface area contributed by atoms with E-state index in [1.165, 1.54) is 36.4 Å². The Bertz CT molecular complexity index is 1400. The van der Waals surface area contributed by atoms with Crippen molar-refractivity contribution in [1.82, 2.24) is 5.32 Å². The van der Waals surface area contributed by atoms with Crippen molar-refractivity contribution in [3.05, 3.63) is 87.4 Å².